The van der Waals surface area contributed by atoms with Gasteiger partial charge < -0.3 is 5.11 Å². The largest absolute Gasteiger partial charge is 0.465 e. The van der Waals surface area contributed by atoms with Gasteiger partial charge in [0.2, 0.25) is 0 Å². The van der Waals surface area contributed by atoms with Crippen LogP contribution in [0.4, 0.5) is 10.6 Å². The van der Waals surface area contributed by atoms with E-state index >= 15 is 0 Å². The van der Waals surface area contributed by atoms with Crippen LogP contribution in [-0.2, 0) is 0 Å². The maximum atomic E-state index is 10.7. The number of anilines is 1. The van der Waals surface area contributed by atoms with Crippen molar-refractivity contribution in [2.45, 2.75) is 0 Å². The number of aromatic nitrogens is 1. The maximum absolute atomic E-state index is 10.7. The fourth-order valence-electron chi connectivity index (χ4n) is 1.48. The van der Waals surface area contributed by atoms with Crippen molar-refractivity contribution in [3.63, 3.8) is 0 Å². The summed E-state index contributed by atoms with van der Waals surface area (Å²) in [5, 5.41) is 11.0. The molecule has 0 unspecified atom stereocenters. The van der Waals surface area contributed by atoms with Crippen LogP contribution in [0.3, 0.4) is 0 Å². The smallest absolute Gasteiger partial charge is 0.410 e. The van der Waals surface area contributed by atoms with E-state index in [0.717, 1.165) is 19.6 Å². The van der Waals surface area contributed by atoms with Gasteiger partial charge in [-0.25, -0.2) is 9.78 Å². The van der Waals surface area contributed by atoms with E-state index in [-0.39, 0.29) is 0 Å². The number of nitrogens with zero attached hydrogens (tertiary/aromatic N) is 1. The van der Waals surface area contributed by atoms with Gasteiger partial charge in [-0.05, 0) is 39.8 Å². The summed E-state index contributed by atoms with van der Waals surface area (Å²) in [6.07, 6.45) is -1.13. The number of halogens is 1. The average molecular weight is 372 g/mol. The van der Waals surface area contributed by atoms with Crippen molar-refractivity contribution in [2.24, 2.45) is 0 Å². The molecule has 6 heteroatoms. The summed E-state index contributed by atoms with van der Waals surface area (Å²) >= 11 is 3.59. The topological polar surface area (TPSA) is 62.2 Å². The molecule has 1 aromatic carbocycles. The third-order valence-electron chi connectivity index (χ3n) is 2.27. The highest BCUT2D eigenvalue weighted by Crippen LogP contribution is 2.32. The molecule has 1 aromatic heterocycles. The second kappa shape index (κ2) is 5.49. The fourth-order valence-corrected chi connectivity index (χ4v) is 2.92. The van der Waals surface area contributed by atoms with E-state index in [0.29, 0.717) is 5.82 Å². The van der Waals surface area contributed by atoms with Gasteiger partial charge in [-0.2, -0.15) is 0 Å². The van der Waals surface area contributed by atoms with Crippen molar-refractivity contribution in [3.05, 3.63) is 50.4 Å². The van der Waals surface area contributed by atoms with Crippen molar-refractivity contribution < 1.29 is 9.90 Å². The average Bonchev–Trinajstić information content (AvgIpc) is 2.76. The zero-order valence-corrected chi connectivity index (χ0v) is 12.2. The highest BCUT2D eigenvalue weighted by Gasteiger charge is 2.14. The number of benzene rings is 1. The standard InChI is InChI=1S/C12H9IN2O2S/c1-7(8-4-2-3-5-9(8)13)10-11(14-6-18-10)15-12(16)17/h2-6,15H,1H2,(H,16,17). The minimum atomic E-state index is -1.13. The summed E-state index contributed by atoms with van der Waals surface area (Å²) in [6, 6.07) is 7.80. The Morgan fingerprint density at radius 3 is 2.83 bits per heavy atom. The van der Waals surface area contributed by atoms with Gasteiger partial charge in [0, 0.05) is 3.57 Å². The fraction of sp³-hybridized carbons (Fsp3) is 0. The highest BCUT2D eigenvalue weighted by atomic mass is 127. The molecule has 1 heterocycles. The predicted octanol–water partition coefficient (Wildman–Crippen LogP) is 3.90. The molecule has 1 amide bonds. The molecule has 0 saturated heterocycles. The van der Waals surface area contributed by atoms with E-state index < -0.39 is 6.09 Å². The van der Waals surface area contributed by atoms with Gasteiger partial charge >= 0.3 is 6.09 Å². The summed E-state index contributed by atoms with van der Waals surface area (Å²) in [5.41, 5.74) is 3.35. The third kappa shape index (κ3) is 2.70. The minimum absolute atomic E-state index is 0.331. The second-order valence-electron chi connectivity index (χ2n) is 3.42. The molecule has 0 bridgehead atoms. The Hall–Kier alpha value is -1.41. The summed E-state index contributed by atoms with van der Waals surface area (Å²) in [4.78, 5) is 15.4. The first-order chi connectivity index (χ1) is 8.59. The van der Waals surface area contributed by atoms with E-state index in [1.54, 1.807) is 5.51 Å². The number of carbonyl (C=O) groups is 1. The number of carboxylic acid groups (broad SMARTS) is 1. The molecule has 4 nitrogen and oxygen atoms in total. The monoisotopic (exact) mass is 372 g/mol. The third-order valence-corrected chi connectivity index (χ3v) is 4.09. The van der Waals surface area contributed by atoms with E-state index in [2.05, 4.69) is 39.5 Å². The van der Waals surface area contributed by atoms with Gasteiger partial charge in [0.05, 0.1) is 10.4 Å². The molecule has 0 spiro atoms. The Kier molecular flexibility index (Phi) is 3.97. The Labute approximate surface area is 122 Å². The first-order valence-corrected chi connectivity index (χ1v) is 6.93. The molecule has 18 heavy (non-hydrogen) atoms. The molecule has 2 N–H and O–H groups in total. The molecule has 0 aliphatic heterocycles. The predicted molar refractivity (Wildman–Crippen MR) is 81.1 cm³/mol. The number of hydrogen-bond acceptors (Lipinski definition) is 3. The molecule has 0 fully saturated rings. The van der Waals surface area contributed by atoms with Gasteiger partial charge in [0.1, 0.15) is 0 Å². The van der Waals surface area contributed by atoms with Crippen LogP contribution in [0.1, 0.15) is 10.4 Å². The number of hydrogen-bond donors (Lipinski definition) is 2. The van der Waals surface area contributed by atoms with Crippen LogP contribution < -0.4 is 5.32 Å². The van der Waals surface area contributed by atoms with Crippen LogP contribution in [0.2, 0.25) is 0 Å². The molecule has 0 atom stereocenters. The number of thiazole rings is 1. The highest BCUT2D eigenvalue weighted by molar-refractivity contribution is 14.1. The number of nitrogens with one attached hydrogen (secondary N) is 1. The van der Waals surface area contributed by atoms with Crippen LogP contribution in [-0.4, -0.2) is 16.2 Å². The van der Waals surface area contributed by atoms with Crippen molar-refractivity contribution in [3.8, 4) is 0 Å². The van der Waals surface area contributed by atoms with E-state index in [1.165, 1.54) is 11.3 Å². The van der Waals surface area contributed by atoms with Crippen molar-refractivity contribution >= 4 is 51.4 Å². The summed E-state index contributed by atoms with van der Waals surface area (Å²) in [6.45, 7) is 4.03. The first kappa shape index (κ1) is 13.0. The molecular formula is C12H9IN2O2S. The van der Waals surface area contributed by atoms with Gasteiger partial charge in [-0.1, -0.05) is 24.8 Å². The van der Waals surface area contributed by atoms with Gasteiger partial charge in [0.25, 0.3) is 0 Å². The van der Waals surface area contributed by atoms with Gasteiger partial charge in [-0.3, -0.25) is 5.32 Å². The van der Waals surface area contributed by atoms with Crippen LogP contribution in [0, 0.1) is 3.57 Å². The minimum Gasteiger partial charge on any atom is -0.465 e. The lowest BCUT2D eigenvalue weighted by atomic mass is 10.1. The van der Waals surface area contributed by atoms with E-state index in [4.69, 9.17) is 5.11 Å². The summed E-state index contributed by atoms with van der Waals surface area (Å²) in [7, 11) is 0. The lowest BCUT2D eigenvalue weighted by molar-refractivity contribution is 0.209. The SMILES string of the molecule is C=C(c1ccccc1I)c1scnc1NC(=O)O. The molecule has 0 aliphatic rings. The van der Waals surface area contributed by atoms with Gasteiger partial charge in [0.15, 0.2) is 5.82 Å². The molecule has 92 valence electrons. The quantitative estimate of drug-likeness (QED) is 0.804. The Bertz CT molecular complexity index is 610. The maximum Gasteiger partial charge on any atom is 0.410 e. The molecule has 2 aromatic rings. The van der Waals surface area contributed by atoms with Crippen molar-refractivity contribution in [1.82, 2.24) is 4.98 Å². The zero-order valence-electron chi connectivity index (χ0n) is 9.18. The Morgan fingerprint density at radius 1 is 1.44 bits per heavy atom. The molecular weight excluding hydrogens is 363 g/mol. The molecule has 0 saturated carbocycles. The first-order valence-electron chi connectivity index (χ1n) is 4.97. The molecule has 2 rings (SSSR count). The Morgan fingerprint density at radius 2 is 2.17 bits per heavy atom. The zero-order chi connectivity index (χ0) is 13.1. The normalized spacial score (nSPS) is 10.1. The van der Waals surface area contributed by atoms with E-state index in [1.807, 2.05) is 24.3 Å². The Balaban J connectivity index is 2.38. The van der Waals surface area contributed by atoms with Crippen LogP contribution in [0.15, 0.2) is 36.4 Å². The van der Waals surface area contributed by atoms with Crippen LogP contribution >= 0.6 is 33.9 Å². The summed E-state index contributed by atoms with van der Waals surface area (Å²) < 4.78 is 1.06. The lowest BCUT2D eigenvalue weighted by Gasteiger charge is -2.08. The molecule has 0 radical (unpaired) electrons. The van der Waals surface area contributed by atoms with E-state index in [9.17, 15) is 4.79 Å². The van der Waals surface area contributed by atoms with Crippen molar-refractivity contribution in [1.29, 1.82) is 0 Å². The summed E-state index contributed by atoms with van der Waals surface area (Å²) in [5.74, 6) is 0.331. The molecule has 0 aliphatic carbocycles. The lowest BCUT2D eigenvalue weighted by Crippen LogP contribution is -2.09. The number of rotatable bonds is 3. The van der Waals surface area contributed by atoms with Crippen molar-refractivity contribution in [2.75, 3.05) is 5.32 Å². The van der Waals surface area contributed by atoms with Crippen LogP contribution in [0.25, 0.3) is 5.57 Å². The number of amides is 1. The van der Waals surface area contributed by atoms with Crippen LogP contribution in [0.5, 0.6) is 0 Å². The van der Waals surface area contributed by atoms with Gasteiger partial charge in [-0.15, -0.1) is 11.3 Å². The second-order valence-corrected chi connectivity index (χ2v) is 5.44.